The lowest BCUT2D eigenvalue weighted by Gasteiger charge is -2.49. The topological polar surface area (TPSA) is 200 Å². The Morgan fingerprint density at radius 1 is 0.714 bits per heavy atom. The number of nitrogens with two attached hydrogens (primary N) is 1. The Morgan fingerprint density at radius 2 is 1.24 bits per heavy atom. The number of benzene rings is 7. The number of thioether (sulfide) groups is 1. The summed E-state index contributed by atoms with van der Waals surface area (Å²) >= 11 is 2.71. The standard InChI is InChI=1S/C66H53N9O7S2/c1-79-53-34-32-44(33-35-53)41-80-62(78)57-46(40-74-38-36-45(37-39-74)58-70-63(67)81-73-58)42-83-61-56(60(77)75(57)61)69-59(76)55(72-82-66(50-26-14-5-15-27-50,51-28-16-6-17-29-51)52-30-18-7-19-31-52)54-43-84-64(68-54)71-65(47-20-8-2-9-21-47,48-22-10-3-11-23-48)49-24-12-4-13-25-49/h2-39,43,56,61H,40-42H2,1H3,(H3-,67,68,69,70,71,73,76)/p+1/t56-,61+/m1/s1. The molecule has 2 atom stereocenters. The minimum atomic E-state index is -1.39. The van der Waals surface area contributed by atoms with Crippen LogP contribution in [0.2, 0.25) is 0 Å². The second-order valence-electron chi connectivity index (χ2n) is 19.8. The highest BCUT2D eigenvalue weighted by molar-refractivity contribution is 8.00. The average molecular weight is 1150 g/mol. The van der Waals surface area contributed by atoms with Gasteiger partial charge in [-0.15, -0.1) is 23.1 Å². The molecular formula is C66H54N9O7S2+. The molecule has 5 heterocycles. The summed E-state index contributed by atoms with van der Waals surface area (Å²) in [7, 11) is 1.57. The van der Waals surface area contributed by atoms with Gasteiger partial charge in [-0.1, -0.05) is 204 Å². The molecule has 0 bridgehead atoms. The lowest BCUT2D eigenvalue weighted by Crippen LogP contribution is -2.71. The second kappa shape index (κ2) is 24.1. The number of oxime groups is 1. The molecule has 2 amide bonds. The molecule has 2 aliphatic heterocycles. The molecule has 1 fully saturated rings. The van der Waals surface area contributed by atoms with Crippen molar-refractivity contribution in [2.24, 2.45) is 5.16 Å². The number of ether oxygens (including phenoxy) is 2. The SMILES string of the molecule is COc1ccc(COC(=O)C2=C(C[n+]3ccc(-c4noc(N)n4)cc3)CS[C@H]3[C@H](NC(=O)C(=NOC(c4ccccc4)(c4ccccc4)c4ccccc4)c4csc(NC(c5ccccc5)(c5ccccc5)c5ccccc5)n4)C(=O)N23)cc1. The van der Waals surface area contributed by atoms with Crippen molar-refractivity contribution < 1.29 is 37.8 Å². The number of fused-ring (bicyclic) bond motifs is 1. The van der Waals surface area contributed by atoms with Crippen molar-refractivity contribution in [3.8, 4) is 17.1 Å². The van der Waals surface area contributed by atoms with E-state index in [1.54, 1.807) is 48.9 Å². The molecular weight excluding hydrogens is 1090 g/mol. The molecule has 0 radical (unpaired) electrons. The van der Waals surface area contributed by atoms with Gasteiger partial charge in [0.25, 0.3) is 11.8 Å². The van der Waals surface area contributed by atoms with Gasteiger partial charge in [0.15, 0.2) is 29.8 Å². The summed E-state index contributed by atoms with van der Waals surface area (Å²) in [6.07, 6.45) is 3.62. The molecule has 1 saturated heterocycles. The molecule has 7 aromatic carbocycles. The number of esters is 1. The fourth-order valence-electron chi connectivity index (χ4n) is 10.6. The Labute approximate surface area is 492 Å². The number of anilines is 2. The Hall–Kier alpha value is -10.2. The smallest absolute Gasteiger partial charge is 0.355 e. The Balaban J connectivity index is 0.917. The molecule has 0 spiro atoms. The molecule has 0 aliphatic carbocycles. The lowest BCUT2D eigenvalue weighted by molar-refractivity contribution is -0.689. The molecule has 2 aliphatic rings. The fraction of sp³-hybridized carbons (Fsp3) is 0.121. The molecule has 10 aromatic rings. The first-order chi connectivity index (χ1) is 41.2. The third-order valence-corrected chi connectivity index (χ3v) is 16.8. The summed E-state index contributed by atoms with van der Waals surface area (Å²) in [5.41, 5.74) is 10.5. The van der Waals surface area contributed by atoms with Crippen molar-refractivity contribution in [2.45, 2.75) is 35.7 Å². The van der Waals surface area contributed by atoms with Gasteiger partial charge in [0, 0.05) is 51.1 Å². The summed E-state index contributed by atoms with van der Waals surface area (Å²) < 4.78 is 18.2. The molecule has 416 valence electrons. The van der Waals surface area contributed by atoms with Crippen LogP contribution in [-0.2, 0) is 48.2 Å². The van der Waals surface area contributed by atoms with E-state index in [4.69, 9.17) is 34.7 Å². The first-order valence-electron chi connectivity index (χ1n) is 26.9. The Morgan fingerprint density at radius 3 is 1.74 bits per heavy atom. The summed E-state index contributed by atoms with van der Waals surface area (Å²) in [6.45, 7) is 0.155. The quantitative estimate of drug-likeness (QED) is 0.0163. The largest absolute Gasteiger partial charge is 0.497 e. The van der Waals surface area contributed by atoms with E-state index in [0.29, 0.717) is 33.6 Å². The van der Waals surface area contributed by atoms with Crippen molar-refractivity contribution in [1.29, 1.82) is 0 Å². The van der Waals surface area contributed by atoms with Crippen LogP contribution in [0, 0.1) is 0 Å². The number of carbonyl (C=O) groups is 3. The highest BCUT2D eigenvalue weighted by atomic mass is 32.2. The maximum atomic E-state index is 15.5. The third kappa shape index (κ3) is 10.8. The van der Waals surface area contributed by atoms with E-state index < -0.39 is 40.3 Å². The number of pyridine rings is 1. The van der Waals surface area contributed by atoms with Gasteiger partial charge in [-0.25, -0.2) is 14.3 Å². The fourth-order valence-corrected chi connectivity index (χ4v) is 12.7. The summed E-state index contributed by atoms with van der Waals surface area (Å²) in [5, 5.41) is 17.2. The first kappa shape index (κ1) is 54.4. The van der Waals surface area contributed by atoms with Crippen LogP contribution in [-0.4, -0.2) is 67.8 Å². The minimum Gasteiger partial charge on any atom is -0.497 e. The van der Waals surface area contributed by atoms with E-state index in [0.717, 1.165) is 38.9 Å². The number of hydrogen-bond donors (Lipinski definition) is 3. The highest BCUT2D eigenvalue weighted by Crippen LogP contribution is 2.44. The number of thiazole rings is 1. The summed E-state index contributed by atoms with van der Waals surface area (Å²) in [6, 6.07) is 69.1. The molecule has 18 heteroatoms. The van der Waals surface area contributed by atoms with E-state index in [-0.39, 0.29) is 36.3 Å². The number of nitrogens with zero attached hydrogens (tertiary/aromatic N) is 6. The molecule has 3 aromatic heterocycles. The number of hydrogen-bond acceptors (Lipinski definition) is 15. The monoisotopic (exact) mass is 1150 g/mol. The average Bonchev–Trinajstić information content (AvgIpc) is 4.32. The van der Waals surface area contributed by atoms with Crippen molar-refractivity contribution in [1.82, 2.24) is 25.3 Å². The van der Waals surface area contributed by atoms with Crippen LogP contribution >= 0.6 is 23.1 Å². The molecule has 4 N–H and O–H groups in total. The number of carbonyl (C=O) groups excluding carboxylic acids is 3. The predicted octanol–water partition coefficient (Wildman–Crippen LogP) is 10.3. The molecule has 12 rings (SSSR count). The number of nitrogen functional groups attached to an aromatic ring is 1. The van der Waals surface area contributed by atoms with Crippen LogP contribution < -0.4 is 25.7 Å². The zero-order valence-electron chi connectivity index (χ0n) is 45.2. The van der Waals surface area contributed by atoms with E-state index in [2.05, 4.69) is 57.2 Å². The zero-order chi connectivity index (χ0) is 57.5. The van der Waals surface area contributed by atoms with Crippen molar-refractivity contribution in [3.05, 3.63) is 292 Å². The normalized spacial score (nSPS) is 15.1. The van der Waals surface area contributed by atoms with Gasteiger partial charge < -0.3 is 35.2 Å². The number of nitrogens with one attached hydrogen (secondary N) is 2. The Kier molecular flexibility index (Phi) is 15.6. The van der Waals surface area contributed by atoms with Crippen molar-refractivity contribution in [3.63, 3.8) is 0 Å². The zero-order valence-corrected chi connectivity index (χ0v) is 46.9. The number of aromatic nitrogens is 4. The highest BCUT2D eigenvalue weighted by Gasteiger charge is 2.55. The maximum Gasteiger partial charge on any atom is 0.355 e. The number of β-lactam (4-membered cyclic amide) rings is 1. The predicted molar refractivity (Wildman–Crippen MR) is 321 cm³/mol. The summed E-state index contributed by atoms with van der Waals surface area (Å²) in [5.74, 6) is -0.656. The summed E-state index contributed by atoms with van der Waals surface area (Å²) in [4.78, 5) is 62.6. The van der Waals surface area contributed by atoms with E-state index in [9.17, 15) is 9.59 Å². The van der Waals surface area contributed by atoms with Gasteiger partial charge in [-0.2, -0.15) is 4.98 Å². The van der Waals surface area contributed by atoms with Crippen LogP contribution in [0.4, 0.5) is 11.1 Å². The van der Waals surface area contributed by atoms with Gasteiger partial charge in [0.1, 0.15) is 40.7 Å². The molecule has 0 saturated carbocycles. The van der Waals surface area contributed by atoms with E-state index in [1.807, 2.05) is 163 Å². The van der Waals surface area contributed by atoms with E-state index >= 15 is 4.79 Å². The van der Waals surface area contributed by atoms with Gasteiger partial charge in [-0.05, 0) is 34.4 Å². The molecule has 84 heavy (non-hydrogen) atoms. The van der Waals surface area contributed by atoms with E-state index in [1.165, 1.54) is 28.0 Å². The van der Waals surface area contributed by atoms with Gasteiger partial charge in [-0.3, -0.25) is 14.5 Å². The van der Waals surface area contributed by atoms with Crippen molar-refractivity contribution in [2.75, 3.05) is 23.9 Å². The first-order valence-corrected chi connectivity index (χ1v) is 28.8. The van der Waals surface area contributed by atoms with Gasteiger partial charge in [0.05, 0.1) is 7.11 Å². The Bertz CT molecular complexity index is 3790. The van der Waals surface area contributed by atoms with Crippen LogP contribution in [0.15, 0.2) is 257 Å². The lowest BCUT2D eigenvalue weighted by atomic mass is 9.77. The molecule has 16 nitrogen and oxygen atoms in total. The number of rotatable bonds is 20. The third-order valence-electron chi connectivity index (χ3n) is 14.7. The number of amides is 2. The second-order valence-corrected chi connectivity index (χ2v) is 21.7. The van der Waals surface area contributed by atoms with Crippen molar-refractivity contribution >= 4 is 57.7 Å². The van der Waals surface area contributed by atoms with Crippen LogP contribution in [0.3, 0.4) is 0 Å². The van der Waals surface area contributed by atoms with Crippen LogP contribution in [0.1, 0.15) is 44.6 Å². The minimum absolute atomic E-state index is 0.0569. The van der Waals surface area contributed by atoms with Crippen LogP contribution in [0.5, 0.6) is 5.75 Å². The maximum absolute atomic E-state index is 15.5. The number of methoxy groups -OCH3 is 1. The van der Waals surface area contributed by atoms with Gasteiger partial charge >= 0.3 is 12.0 Å². The van der Waals surface area contributed by atoms with Crippen LogP contribution in [0.25, 0.3) is 11.4 Å². The molecule has 0 unspecified atom stereocenters. The van der Waals surface area contributed by atoms with Gasteiger partial charge in [0.2, 0.25) is 11.4 Å².